The van der Waals surface area contributed by atoms with E-state index in [9.17, 15) is 4.79 Å². The molecule has 2 nitrogen and oxygen atoms in total. The van der Waals surface area contributed by atoms with Crippen LogP contribution >= 0.6 is 11.6 Å². The first-order valence-corrected chi connectivity index (χ1v) is 6.57. The fraction of sp³-hybridized carbons (Fsp3) is 0.917. The number of hydrogen-bond donors (Lipinski definition) is 0. The highest BCUT2D eigenvalue weighted by Crippen LogP contribution is 2.44. The number of halogens is 1. The van der Waals surface area contributed by atoms with Gasteiger partial charge in [0.05, 0.1) is 0 Å². The molecular weight excluding hydrogens is 210 g/mol. The number of nitrogens with zero attached hydrogens (tertiary/aromatic N) is 1. The second-order valence-corrected chi connectivity index (χ2v) is 4.84. The topological polar surface area (TPSA) is 20.3 Å². The first-order chi connectivity index (χ1) is 7.20. The molecule has 1 aliphatic carbocycles. The van der Waals surface area contributed by atoms with Gasteiger partial charge in [0.25, 0.3) is 0 Å². The van der Waals surface area contributed by atoms with Gasteiger partial charge in [0.15, 0.2) is 0 Å². The van der Waals surface area contributed by atoms with Crippen LogP contribution in [-0.4, -0.2) is 29.3 Å². The van der Waals surface area contributed by atoms with Crippen LogP contribution in [0.3, 0.4) is 0 Å². The number of likely N-dealkylation sites (tertiary alicyclic amines) is 1. The van der Waals surface area contributed by atoms with Crippen LogP contribution in [0, 0.1) is 5.92 Å². The first-order valence-electron chi connectivity index (χ1n) is 6.03. The number of carbonyl (C=O) groups excluding carboxylic acids is 1. The minimum atomic E-state index is 0.264. The number of piperidine rings is 1. The molecule has 0 aromatic rings. The lowest BCUT2D eigenvalue weighted by Crippen LogP contribution is -2.27. The van der Waals surface area contributed by atoms with Crippen LogP contribution in [0.5, 0.6) is 0 Å². The number of amides is 1. The van der Waals surface area contributed by atoms with Crippen LogP contribution in [-0.2, 0) is 4.79 Å². The molecule has 2 atom stereocenters. The third kappa shape index (κ3) is 4.02. The van der Waals surface area contributed by atoms with Gasteiger partial charge >= 0.3 is 0 Å². The van der Waals surface area contributed by atoms with Crippen LogP contribution < -0.4 is 0 Å². The number of unbranched alkanes of at least 4 members (excludes halogenated alkanes) is 2. The maximum absolute atomic E-state index is 10.8. The van der Waals surface area contributed by atoms with Crippen molar-refractivity contribution in [2.24, 2.45) is 5.92 Å². The summed E-state index contributed by atoms with van der Waals surface area (Å²) in [6.07, 6.45) is 6.26. The molecule has 15 heavy (non-hydrogen) atoms. The monoisotopic (exact) mass is 231 g/mol. The van der Waals surface area contributed by atoms with E-state index in [0.717, 1.165) is 18.3 Å². The normalized spacial score (nSPS) is 26.7. The highest BCUT2D eigenvalue weighted by atomic mass is 35.5. The molecule has 0 radical (unpaired) electrons. The summed E-state index contributed by atoms with van der Waals surface area (Å²) >= 11 is 5.38. The zero-order valence-electron chi connectivity index (χ0n) is 9.84. The van der Waals surface area contributed by atoms with Crippen LogP contribution in [0.25, 0.3) is 0 Å². The number of hydrogen-bond acceptors (Lipinski definition) is 1. The Balaban J connectivity index is 0.000000167. The number of carbonyl (C=O) groups is 1. The van der Waals surface area contributed by atoms with Gasteiger partial charge in [-0.05, 0) is 25.2 Å². The van der Waals surface area contributed by atoms with Gasteiger partial charge in [-0.2, -0.15) is 0 Å². The van der Waals surface area contributed by atoms with Crippen LogP contribution in [0.2, 0.25) is 0 Å². The summed E-state index contributed by atoms with van der Waals surface area (Å²) in [5.41, 5.74) is 0. The Labute approximate surface area is 98.0 Å². The Kier molecular flexibility index (Phi) is 5.44. The minimum Gasteiger partial charge on any atom is -0.340 e. The standard InChI is InChI=1S/C7H11NO.C5H11Cl/c1-5(9)8-3-2-6-4-7(6)8;1-2-3-4-5-6/h6-7H,2-4H2,1H3;2-5H2,1H3. The molecule has 2 aliphatic rings. The molecule has 0 N–H and O–H groups in total. The van der Waals surface area contributed by atoms with Crippen LogP contribution in [0.15, 0.2) is 0 Å². The molecule has 3 heteroatoms. The minimum absolute atomic E-state index is 0.264. The van der Waals surface area contributed by atoms with Crippen LogP contribution in [0.1, 0.15) is 46.0 Å². The lowest BCUT2D eigenvalue weighted by Gasteiger charge is -2.14. The number of rotatable bonds is 3. The highest BCUT2D eigenvalue weighted by molar-refractivity contribution is 6.17. The highest BCUT2D eigenvalue weighted by Gasteiger charge is 2.47. The third-order valence-electron chi connectivity index (χ3n) is 3.17. The molecule has 2 rings (SSSR count). The van der Waals surface area contributed by atoms with Crippen molar-refractivity contribution >= 4 is 17.5 Å². The predicted octanol–water partition coefficient (Wildman–Crippen LogP) is 3.04. The van der Waals surface area contributed by atoms with E-state index in [1.54, 1.807) is 6.92 Å². The lowest BCUT2D eigenvalue weighted by molar-refractivity contribution is -0.128. The van der Waals surface area contributed by atoms with Crippen LogP contribution in [0.4, 0.5) is 0 Å². The zero-order valence-corrected chi connectivity index (χ0v) is 10.6. The Bertz CT molecular complexity index is 204. The Morgan fingerprint density at radius 2 is 2.20 bits per heavy atom. The number of fused-ring (bicyclic) bond motifs is 1. The Morgan fingerprint density at radius 1 is 1.47 bits per heavy atom. The van der Waals surface area contributed by atoms with Crippen molar-refractivity contribution in [2.45, 2.75) is 52.0 Å². The van der Waals surface area contributed by atoms with E-state index in [4.69, 9.17) is 11.6 Å². The molecule has 0 aromatic heterocycles. The van der Waals surface area contributed by atoms with Gasteiger partial charge in [0, 0.05) is 25.4 Å². The fourth-order valence-electron chi connectivity index (χ4n) is 2.13. The van der Waals surface area contributed by atoms with Gasteiger partial charge < -0.3 is 4.90 Å². The maximum atomic E-state index is 10.8. The lowest BCUT2D eigenvalue weighted by atomic mass is 10.3. The maximum Gasteiger partial charge on any atom is 0.219 e. The van der Waals surface area contributed by atoms with Crippen molar-refractivity contribution in [1.82, 2.24) is 4.90 Å². The molecule has 1 saturated heterocycles. The van der Waals surface area contributed by atoms with Gasteiger partial charge in [0.2, 0.25) is 5.91 Å². The molecule has 0 aromatic carbocycles. The summed E-state index contributed by atoms with van der Waals surface area (Å²) < 4.78 is 0. The second-order valence-electron chi connectivity index (χ2n) is 4.46. The molecular formula is C12H22ClNO. The molecule has 0 spiro atoms. The largest absolute Gasteiger partial charge is 0.340 e. The van der Waals surface area contributed by atoms with E-state index >= 15 is 0 Å². The molecule has 2 unspecified atom stereocenters. The van der Waals surface area contributed by atoms with Gasteiger partial charge in [-0.15, -0.1) is 11.6 Å². The van der Waals surface area contributed by atoms with E-state index in [1.165, 1.54) is 32.1 Å². The zero-order chi connectivity index (χ0) is 11.3. The molecule has 0 bridgehead atoms. The van der Waals surface area contributed by atoms with Gasteiger partial charge in [0.1, 0.15) is 0 Å². The van der Waals surface area contributed by atoms with E-state index in [-0.39, 0.29) is 5.91 Å². The second kappa shape index (κ2) is 6.37. The van der Waals surface area contributed by atoms with Crippen molar-refractivity contribution in [1.29, 1.82) is 0 Å². The molecule has 88 valence electrons. The molecule has 1 aliphatic heterocycles. The molecule has 1 heterocycles. The average molecular weight is 232 g/mol. The Hall–Kier alpha value is -0.240. The summed E-state index contributed by atoms with van der Waals surface area (Å²) in [6, 6.07) is 0.655. The SMILES string of the molecule is CC(=O)N1CCC2CC21.CCCCCCl. The van der Waals surface area contributed by atoms with Crippen molar-refractivity contribution in [3.63, 3.8) is 0 Å². The van der Waals surface area contributed by atoms with Crippen molar-refractivity contribution in [2.75, 3.05) is 12.4 Å². The summed E-state index contributed by atoms with van der Waals surface area (Å²) in [5.74, 6) is 1.97. The molecule has 1 saturated carbocycles. The quantitative estimate of drug-likeness (QED) is 0.540. The van der Waals surface area contributed by atoms with Crippen molar-refractivity contribution in [3.8, 4) is 0 Å². The van der Waals surface area contributed by atoms with Crippen molar-refractivity contribution < 1.29 is 4.79 Å². The van der Waals surface area contributed by atoms with Crippen molar-refractivity contribution in [3.05, 3.63) is 0 Å². The van der Waals surface area contributed by atoms with E-state index in [2.05, 4.69) is 6.92 Å². The van der Waals surface area contributed by atoms with Gasteiger partial charge in [-0.25, -0.2) is 0 Å². The fourth-order valence-corrected chi connectivity index (χ4v) is 2.32. The summed E-state index contributed by atoms with van der Waals surface area (Å²) in [5, 5.41) is 0. The summed E-state index contributed by atoms with van der Waals surface area (Å²) in [7, 11) is 0. The van der Waals surface area contributed by atoms with E-state index in [0.29, 0.717) is 6.04 Å². The van der Waals surface area contributed by atoms with Gasteiger partial charge in [-0.3, -0.25) is 4.79 Å². The van der Waals surface area contributed by atoms with Gasteiger partial charge in [-0.1, -0.05) is 19.8 Å². The van der Waals surface area contributed by atoms with E-state index in [1.807, 2.05) is 4.90 Å². The third-order valence-corrected chi connectivity index (χ3v) is 3.44. The first kappa shape index (κ1) is 12.8. The molecule has 1 amide bonds. The smallest absolute Gasteiger partial charge is 0.219 e. The number of alkyl halides is 1. The van der Waals surface area contributed by atoms with E-state index < -0.39 is 0 Å². The predicted molar refractivity (Wildman–Crippen MR) is 64.1 cm³/mol. The summed E-state index contributed by atoms with van der Waals surface area (Å²) in [6.45, 7) is 4.86. The average Bonchev–Trinajstić information content (AvgIpc) is 2.87. The summed E-state index contributed by atoms with van der Waals surface area (Å²) in [4.78, 5) is 12.8. The Morgan fingerprint density at radius 3 is 2.40 bits per heavy atom. The molecule has 2 fully saturated rings.